The summed E-state index contributed by atoms with van der Waals surface area (Å²) >= 11 is 1.32. The molecule has 0 aliphatic heterocycles. The number of esters is 1. The molecule has 0 saturated carbocycles. The maximum atomic E-state index is 11.2. The number of hydrogen-bond acceptors (Lipinski definition) is 5. The van der Waals surface area contributed by atoms with E-state index in [9.17, 15) is 4.79 Å². The first kappa shape index (κ1) is 14.6. The lowest BCUT2D eigenvalue weighted by atomic mass is 10.1. The predicted octanol–water partition coefficient (Wildman–Crippen LogP) is 2.40. The third-order valence-corrected chi connectivity index (χ3v) is 3.85. The van der Waals surface area contributed by atoms with E-state index in [0.29, 0.717) is 5.16 Å². The maximum Gasteiger partial charge on any atom is 0.316 e. The van der Waals surface area contributed by atoms with E-state index >= 15 is 0 Å². The molecule has 20 heavy (non-hydrogen) atoms. The molecule has 0 atom stereocenters. The molecule has 106 valence electrons. The van der Waals surface area contributed by atoms with Crippen LogP contribution in [0.25, 0.3) is 5.69 Å². The molecule has 2 aromatic rings. The molecule has 0 fully saturated rings. The van der Waals surface area contributed by atoms with E-state index in [1.807, 2.05) is 23.6 Å². The minimum Gasteiger partial charge on any atom is -0.468 e. The van der Waals surface area contributed by atoms with Gasteiger partial charge in [-0.25, -0.2) is 0 Å². The zero-order chi connectivity index (χ0) is 14.5. The van der Waals surface area contributed by atoms with Gasteiger partial charge in [0.2, 0.25) is 0 Å². The van der Waals surface area contributed by atoms with Gasteiger partial charge in [-0.15, -0.1) is 10.2 Å². The Morgan fingerprint density at radius 2 is 2.00 bits per heavy atom. The summed E-state index contributed by atoms with van der Waals surface area (Å²) in [6, 6.07) is 8.25. The van der Waals surface area contributed by atoms with Gasteiger partial charge in [0.25, 0.3) is 0 Å². The lowest BCUT2D eigenvalue weighted by molar-refractivity contribution is -0.137. The molecule has 0 saturated heterocycles. The van der Waals surface area contributed by atoms with Crippen molar-refractivity contribution in [2.75, 3.05) is 12.9 Å². The second-order valence-electron chi connectivity index (χ2n) is 4.25. The van der Waals surface area contributed by atoms with Crippen LogP contribution in [0.3, 0.4) is 0 Å². The van der Waals surface area contributed by atoms with Crippen LogP contribution >= 0.6 is 11.8 Å². The van der Waals surface area contributed by atoms with Gasteiger partial charge in [0.15, 0.2) is 5.16 Å². The summed E-state index contributed by atoms with van der Waals surface area (Å²) in [6.45, 7) is 4.01. The number of aromatic nitrogens is 3. The Morgan fingerprint density at radius 3 is 2.60 bits per heavy atom. The fourth-order valence-corrected chi connectivity index (χ4v) is 2.63. The predicted molar refractivity (Wildman–Crippen MR) is 78.2 cm³/mol. The highest BCUT2D eigenvalue weighted by Crippen LogP contribution is 2.22. The molecule has 0 radical (unpaired) electrons. The highest BCUT2D eigenvalue weighted by atomic mass is 32.2. The molecule has 0 aliphatic rings. The topological polar surface area (TPSA) is 57.0 Å². The summed E-state index contributed by atoms with van der Waals surface area (Å²) < 4.78 is 6.57. The molecule has 2 rings (SSSR count). The van der Waals surface area contributed by atoms with E-state index in [4.69, 9.17) is 0 Å². The summed E-state index contributed by atoms with van der Waals surface area (Å²) in [5, 5.41) is 8.88. The Morgan fingerprint density at radius 1 is 1.30 bits per heavy atom. The number of ether oxygens (including phenoxy) is 1. The van der Waals surface area contributed by atoms with E-state index < -0.39 is 0 Å². The fraction of sp³-hybridized carbons (Fsp3) is 0.357. The minimum absolute atomic E-state index is 0.224. The fourth-order valence-electron chi connectivity index (χ4n) is 1.80. The lowest BCUT2D eigenvalue weighted by Crippen LogP contribution is -2.05. The van der Waals surface area contributed by atoms with Crippen molar-refractivity contribution >= 4 is 17.7 Å². The lowest BCUT2D eigenvalue weighted by Gasteiger charge is -2.08. The molecule has 1 aromatic heterocycles. The summed E-state index contributed by atoms with van der Waals surface area (Å²) in [4.78, 5) is 11.2. The van der Waals surface area contributed by atoms with Crippen molar-refractivity contribution in [2.45, 2.75) is 25.4 Å². The number of benzene rings is 1. The van der Waals surface area contributed by atoms with E-state index in [2.05, 4.69) is 34.0 Å². The largest absolute Gasteiger partial charge is 0.468 e. The van der Waals surface area contributed by atoms with Crippen molar-refractivity contribution in [2.24, 2.45) is 0 Å². The van der Waals surface area contributed by atoms with Gasteiger partial charge in [0, 0.05) is 5.69 Å². The molecule has 1 aromatic carbocycles. The van der Waals surface area contributed by atoms with Crippen LogP contribution in [-0.2, 0) is 16.0 Å². The van der Waals surface area contributed by atoms with Crippen molar-refractivity contribution in [3.63, 3.8) is 0 Å². The quantitative estimate of drug-likeness (QED) is 0.625. The Hall–Kier alpha value is -1.82. The van der Waals surface area contributed by atoms with E-state index in [1.165, 1.54) is 24.4 Å². The van der Waals surface area contributed by atoms with E-state index in [-0.39, 0.29) is 11.7 Å². The van der Waals surface area contributed by atoms with Gasteiger partial charge in [-0.05, 0) is 31.0 Å². The molecule has 0 bridgehead atoms. The van der Waals surface area contributed by atoms with Crippen molar-refractivity contribution < 1.29 is 9.53 Å². The maximum absolute atomic E-state index is 11.2. The molecule has 0 amide bonds. The van der Waals surface area contributed by atoms with Crippen LogP contribution in [0.15, 0.2) is 29.4 Å². The average Bonchev–Trinajstić information content (AvgIpc) is 2.85. The van der Waals surface area contributed by atoms with Gasteiger partial charge in [0.05, 0.1) is 12.9 Å². The molecular formula is C14H17N3O2S. The summed E-state index contributed by atoms with van der Waals surface area (Å²) in [7, 11) is 1.38. The first-order valence-corrected chi connectivity index (χ1v) is 7.35. The zero-order valence-electron chi connectivity index (χ0n) is 11.8. The average molecular weight is 291 g/mol. The molecule has 1 heterocycles. The van der Waals surface area contributed by atoms with Crippen molar-refractivity contribution in [3.05, 3.63) is 35.7 Å². The number of nitrogens with zero attached hydrogens (tertiary/aromatic N) is 3. The third kappa shape index (κ3) is 3.19. The smallest absolute Gasteiger partial charge is 0.316 e. The molecular weight excluding hydrogens is 274 g/mol. The molecule has 0 aliphatic carbocycles. The number of hydrogen-bond donors (Lipinski definition) is 0. The zero-order valence-corrected chi connectivity index (χ0v) is 12.6. The second-order valence-corrected chi connectivity index (χ2v) is 5.19. The number of methoxy groups -OCH3 is 1. The first-order valence-electron chi connectivity index (χ1n) is 6.36. The van der Waals surface area contributed by atoms with Gasteiger partial charge < -0.3 is 4.74 Å². The van der Waals surface area contributed by atoms with Crippen LogP contribution < -0.4 is 0 Å². The number of carbonyl (C=O) groups is 1. The second kappa shape index (κ2) is 6.56. The van der Waals surface area contributed by atoms with Crippen LogP contribution in [0.5, 0.6) is 0 Å². The van der Waals surface area contributed by atoms with Crippen LogP contribution in [0.1, 0.15) is 18.3 Å². The molecule has 0 spiro atoms. The van der Waals surface area contributed by atoms with Crippen molar-refractivity contribution in [1.82, 2.24) is 14.8 Å². The van der Waals surface area contributed by atoms with Crippen LogP contribution in [0, 0.1) is 6.92 Å². The van der Waals surface area contributed by atoms with Crippen molar-refractivity contribution in [3.8, 4) is 5.69 Å². The molecule has 5 nitrogen and oxygen atoms in total. The molecule has 6 heteroatoms. The normalized spacial score (nSPS) is 10.6. The third-order valence-electron chi connectivity index (χ3n) is 2.94. The number of rotatable bonds is 5. The Balaban J connectivity index is 2.25. The van der Waals surface area contributed by atoms with E-state index in [0.717, 1.165) is 17.9 Å². The van der Waals surface area contributed by atoms with Gasteiger partial charge in [-0.2, -0.15) is 0 Å². The number of aryl methyl sites for hydroxylation is 2. The van der Waals surface area contributed by atoms with Gasteiger partial charge in [-0.1, -0.05) is 30.8 Å². The first-order chi connectivity index (χ1) is 9.65. The summed E-state index contributed by atoms with van der Waals surface area (Å²) in [5.41, 5.74) is 2.28. The number of carbonyl (C=O) groups excluding carboxylic acids is 1. The van der Waals surface area contributed by atoms with Crippen molar-refractivity contribution in [1.29, 1.82) is 0 Å². The SMILES string of the molecule is CCc1ccc(-n2c(C)nnc2SCC(=O)OC)cc1. The van der Waals surface area contributed by atoms with Crippen LogP contribution in [0.2, 0.25) is 0 Å². The molecule has 0 N–H and O–H groups in total. The number of thioether (sulfide) groups is 1. The minimum atomic E-state index is -0.275. The van der Waals surface area contributed by atoms with Gasteiger partial charge in [0.1, 0.15) is 5.82 Å². The van der Waals surface area contributed by atoms with Gasteiger partial charge in [-0.3, -0.25) is 9.36 Å². The van der Waals surface area contributed by atoms with E-state index in [1.54, 1.807) is 0 Å². The highest BCUT2D eigenvalue weighted by molar-refractivity contribution is 7.99. The Kier molecular flexibility index (Phi) is 4.79. The van der Waals surface area contributed by atoms with Crippen LogP contribution in [0.4, 0.5) is 0 Å². The standard InChI is InChI=1S/C14H17N3O2S/c1-4-11-5-7-12(8-6-11)17-10(2)15-16-14(17)20-9-13(18)19-3/h5-8H,4,9H2,1-3H3. The summed E-state index contributed by atoms with van der Waals surface area (Å²) in [6.07, 6.45) is 1.01. The highest BCUT2D eigenvalue weighted by Gasteiger charge is 2.13. The van der Waals surface area contributed by atoms with Gasteiger partial charge >= 0.3 is 5.97 Å². The Labute approximate surface area is 122 Å². The summed E-state index contributed by atoms with van der Waals surface area (Å²) in [5.74, 6) is 0.743. The molecule has 0 unspecified atom stereocenters. The monoisotopic (exact) mass is 291 g/mol. The Bertz CT molecular complexity index is 593. The van der Waals surface area contributed by atoms with Crippen LogP contribution in [-0.4, -0.2) is 33.6 Å².